The molecule has 2 fully saturated rings. The Labute approximate surface area is 111 Å². The first-order chi connectivity index (χ1) is 9.17. The van der Waals surface area contributed by atoms with Crippen molar-refractivity contribution in [3.8, 4) is 0 Å². The van der Waals surface area contributed by atoms with Crippen LogP contribution in [0.15, 0.2) is 36.4 Å². The van der Waals surface area contributed by atoms with E-state index in [-0.39, 0.29) is 17.5 Å². The molecule has 0 atom stereocenters. The van der Waals surface area contributed by atoms with Crippen molar-refractivity contribution < 1.29 is 9.59 Å². The molecule has 1 spiro atoms. The lowest BCUT2D eigenvalue weighted by molar-refractivity contribution is -0.133. The van der Waals surface area contributed by atoms with E-state index in [4.69, 9.17) is 0 Å². The normalized spacial score (nSPS) is 20.2. The number of rotatable bonds is 2. The lowest BCUT2D eigenvalue weighted by Gasteiger charge is -2.46. The first kappa shape index (κ1) is 11.8. The predicted molar refractivity (Wildman–Crippen MR) is 71.3 cm³/mol. The molecule has 1 aromatic carbocycles. The summed E-state index contributed by atoms with van der Waals surface area (Å²) in [7, 11) is 0. The standard InChI is InChI=1S/C14H15N3O2/c18-12(7-6-11-4-2-1-3-5-11)17-9-14(10-17)8-15-13(19)16-14/h1-7H,8-10H2,(H2,15,16,19). The first-order valence-electron chi connectivity index (χ1n) is 6.25. The molecule has 1 aromatic rings. The fraction of sp³-hybridized carbons (Fsp3) is 0.286. The van der Waals surface area contributed by atoms with E-state index in [0.717, 1.165) is 5.56 Å². The van der Waals surface area contributed by atoms with Crippen LogP contribution in [0.4, 0.5) is 4.79 Å². The summed E-state index contributed by atoms with van der Waals surface area (Å²) in [5.74, 6) is -0.0179. The maximum atomic E-state index is 11.9. The number of nitrogens with one attached hydrogen (secondary N) is 2. The van der Waals surface area contributed by atoms with E-state index in [2.05, 4.69) is 10.6 Å². The lowest BCUT2D eigenvalue weighted by atomic mass is 9.91. The van der Waals surface area contributed by atoms with Gasteiger partial charge in [-0.25, -0.2) is 4.79 Å². The Morgan fingerprint density at radius 3 is 2.63 bits per heavy atom. The Balaban J connectivity index is 1.56. The number of benzene rings is 1. The summed E-state index contributed by atoms with van der Waals surface area (Å²) in [6, 6.07) is 9.55. The molecule has 2 heterocycles. The van der Waals surface area contributed by atoms with Crippen LogP contribution in [0, 0.1) is 0 Å². The topological polar surface area (TPSA) is 61.4 Å². The first-order valence-corrected chi connectivity index (χ1v) is 6.25. The van der Waals surface area contributed by atoms with Gasteiger partial charge in [-0.1, -0.05) is 30.3 Å². The second kappa shape index (κ2) is 4.42. The summed E-state index contributed by atoms with van der Waals surface area (Å²) in [4.78, 5) is 24.8. The molecule has 5 heteroatoms. The van der Waals surface area contributed by atoms with Crippen LogP contribution >= 0.6 is 0 Å². The average Bonchev–Trinajstić information content (AvgIpc) is 2.78. The van der Waals surface area contributed by atoms with Crippen LogP contribution in [0.5, 0.6) is 0 Å². The van der Waals surface area contributed by atoms with Crippen LogP contribution in [-0.4, -0.2) is 42.0 Å². The molecule has 5 nitrogen and oxygen atoms in total. The summed E-state index contributed by atoms with van der Waals surface area (Å²) in [6.07, 6.45) is 3.38. The summed E-state index contributed by atoms with van der Waals surface area (Å²) < 4.78 is 0. The number of amides is 3. The van der Waals surface area contributed by atoms with Gasteiger partial charge in [0.2, 0.25) is 5.91 Å². The van der Waals surface area contributed by atoms with E-state index < -0.39 is 0 Å². The van der Waals surface area contributed by atoms with Gasteiger partial charge in [0, 0.05) is 25.7 Å². The van der Waals surface area contributed by atoms with Gasteiger partial charge in [-0.15, -0.1) is 0 Å². The van der Waals surface area contributed by atoms with Crippen LogP contribution in [0.3, 0.4) is 0 Å². The molecule has 3 rings (SSSR count). The van der Waals surface area contributed by atoms with Crippen molar-refractivity contribution in [2.45, 2.75) is 5.54 Å². The van der Waals surface area contributed by atoms with Crippen molar-refractivity contribution in [1.29, 1.82) is 0 Å². The van der Waals surface area contributed by atoms with E-state index in [1.165, 1.54) is 0 Å². The predicted octanol–water partition coefficient (Wildman–Crippen LogP) is 0.594. The molecular formula is C14H15N3O2. The van der Waals surface area contributed by atoms with Crippen LogP contribution in [0.25, 0.3) is 6.08 Å². The van der Waals surface area contributed by atoms with Crippen molar-refractivity contribution >= 4 is 18.0 Å². The van der Waals surface area contributed by atoms with Crippen LogP contribution < -0.4 is 10.6 Å². The van der Waals surface area contributed by atoms with Gasteiger partial charge in [-0.05, 0) is 11.6 Å². The largest absolute Gasteiger partial charge is 0.336 e. The Morgan fingerprint density at radius 2 is 2.00 bits per heavy atom. The number of hydrogen-bond donors (Lipinski definition) is 2. The number of carbonyl (C=O) groups excluding carboxylic acids is 2. The van der Waals surface area contributed by atoms with Crippen LogP contribution in [0.2, 0.25) is 0 Å². The molecule has 2 saturated heterocycles. The van der Waals surface area contributed by atoms with Gasteiger partial charge in [0.1, 0.15) is 0 Å². The van der Waals surface area contributed by atoms with Crippen molar-refractivity contribution in [3.05, 3.63) is 42.0 Å². The summed E-state index contributed by atoms with van der Waals surface area (Å²) in [5, 5.41) is 5.58. The molecule has 19 heavy (non-hydrogen) atoms. The van der Waals surface area contributed by atoms with Crippen molar-refractivity contribution in [2.75, 3.05) is 19.6 Å². The molecule has 0 aliphatic carbocycles. The maximum Gasteiger partial charge on any atom is 0.315 e. The Kier molecular flexibility index (Phi) is 2.74. The molecule has 2 N–H and O–H groups in total. The number of nitrogens with zero attached hydrogens (tertiary/aromatic N) is 1. The monoisotopic (exact) mass is 257 g/mol. The van der Waals surface area contributed by atoms with Gasteiger partial charge < -0.3 is 15.5 Å². The quantitative estimate of drug-likeness (QED) is 0.762. The molecular weight excluding hydrogens is 242 g/mol. The van der Waals surface area contributed by atoms with E-state index >= 15 is 0 Å². The lowest BCUT2D eigenvalue weighted by Crippen LogP contribution is -2.69. The zero-order valence-corrected chi connectivity index (χ0v) is 10.4. The number of carbonyl (C=O) groups is 2. The minimum atomic E-state index is -0.243. The zero-order valence-electron chi connectivity index (χ0n) is 10.4. The highest BCUT2D eigenvalue weighted by Crippen LogP contribution is 2.23. The third kappa shape index (κ3) is 2.31. The van der Waals surface area contributed by atoms with E-state index in [9.17, 15) is 9.59 Å². The average molecular weight is 257 g/mol. The Bertz CT molecular complexity index is 533. The minimum absolute atomic E-state index is 0.0179. The molecule has 3 amide bonds. The van der Waals surface area contributed by atoms with Crippen LogP contribution in [-0.2, 0) is 4.79 Å². The fourth-order valence-electron chi connectivity index (χ4n) is 2.45. The molecule has 0 saturated carbocycles. The van der Waals surface area contributed by atoms with Crippen LogP contribution in [0.1, 0.15) is 5.56 Å². The summed E-state index contributed by atoms with van der Waals surface area (Å²) >= 11 is 0. The summed E-state index contributed by atoms with van der Waals surface area (Å²) in [6.45, 7) is 1.74. The van der Waals surface area contributed by atoms with Crippen molar-refractivity contribution in [1.82, 2.24) is 15.5 Å². The van der Waals surface area contributed by atoms with Gasteiger partial charge in [-0.2, -0.15) is 0 Å². The second-order valence-corrected chi connectivity index (χ2v) is 5.03. The molecule has 2 aliphatic heterocycles. The molecule has 0 aromatic heterocycles. The van der Waals surface area contributed by atoms with E-state index in [1.807, 2.05) is 30.3 Å². The Hall–Kier alpha value is -2.30. The highest BCUT2D eigenvalue weighted by Gasteiger charge is 2.49. The molecule has 2 aliphatic rings. The van der Waals surface area contributed by atoms with Gasteiger partial charge in [0.05, 0.1) is 5.54 Å². The fourth-order valence-corrected chi connectivity index (χ4v) is 2.45. The molecule has 98 valence electrons. The third-order valence-electron chi connectivity index (χ3n) is 3.48. The molecule has 0 bridgehead atoms. The zero-order chi connectivity index (χ0) is 13.3. The van der Waals surface area contributed by atoms with E-state index in [0.29, 0.717) is 19.6 Å². The van der Waals surface area contributed by atoms with Crippen molar-refractivity contribution in [2.24, 2.45) is 0 Å². The number of hydrogen-bond acceptors (Lipinski definition) is 2. The molecule has 0 unspecified atom stereocenters. The Morgan fingerprint density at radius 1 is 1.26 bits per heavy atom. The SMILES string of the molecule is O=C1NCC2(CN(C(=O)C=Cc3ccccc3)C2)N1. The molecule has 0 radical (unpaired) electrons. The maximum absolute atomic E-state index is 11.9. The van der Waals surface area contributed by atoms with E-state index in [1.54, 1.807) is 17.1 Å². The van der Waals surface area contributed by atoms with Gasteiger partial charge in [0.15, 0.2) is 0 Å². The number of urea groups is 1. The van der Waals surface area contributed by atoms with Gasteiger partial charge in [0.25, 0.3) is 0 Å². The third-order valence-corrected chi connectivity index (χ3v) is 3.48. The second-order valence-electron chi connectivity index (χ2n) is 5.03. The smallest absolute Gasteiger partial charge is 0.315 e. The van der Waals surface area contributed by atoms with Crippen molar-refractivity contribution in [3.63, 3.8) is 0 Å². The minimum Gasteiger partial charge on any atom is -0.336 e. The highest BCUT2D eigenvalue weighted by atomic mass is 16.2. The van der Waals surface area contributed by atoms with Gasteiger partial charge >= 0.3 is 6.03 Å². The summed E-state index contributed by atoms with van der Waals surface area (Å²) in [5.41, 5.74) is 0.759. The number of likely N-dealkylation sites (tertiary alicyclic amines) is 1. The highest BCUT2D eigenvalue weighted by molar-refractivity contribution is 5.93. The van der Waals surface area contributed by atoms with Gasteiger partial charge in [-0.3, -0.25) is 4.79 Å².